The molecule has 1 aliphatic rings. The van der Waals surface area contributed by atoms with E-state index < -0.39 is 10.8 Å². The number of hydrogen-bond acceptors (Lipinski definition) is 4. The van der Waals surface area contributed by atoms with Gasteiger partial charge in [0.05, 0.1) is 16.3 Å². The van der Waals surface area contributed by atoms with Gasteiger partial charge in [-0.05, 0) is 56.0 Å². The molecular weight excluding hydrogens is 363 g/mol. The quantitative estimate of drug-likeness (QED) is 0.548. The molecule has 7 nitrogen and oxygen atoms in total. The molecule has 142 valence electrons. The maximum absolute atomic E-state index is 13.2. The van der Waals surface area contributed by atoms with Gasteiger partial charge in [-0.2, -0.15) is 5.10 Å². The number of amides is 1. The minimum absolute atomic E-state index is 0.0945. The van der Waals surface area contributed by atoms with Crippen molar-refractivity contribution < 1.29 is 14.1 Å². The van der Waals surface area contributed by atoms with Crippen molar-refractivity contribution in [1.82, 2.24) is 9.78 Å². The monoisotopic (exact) mass is 380 g/mol. The zero-order chi connectivity index (χ0) is 19.8. The Labute approximate surface area is 160 Å². The number of nitrogens with zero attached hydrogens (tertiary/aromatic N) is 3. The summed E-state index contributed by atoms with van der Waals surface area (Å²) in [5, 5.41) is 18.2. The number of nitro groups is 1. The van der Waals surface area contributed by atoms with Crippen molar-refractivity contribution in [3.05, 3.63) is 80.9 Å². The summed E-state index contributed by atoms with van der Waals surface area (Å²) in [6, 6.07) is 10.3. The summed E-state index contributed by atoms with van der Waals surface area (Å²) in [4.78, 5) is 23.4. The first kappa shape index (κ1) is 17.8. The highest BCUT2D eigenvalue weighted by Crippen LogP contribution is 2.29. The Morgan fingerprint density at radius 2 is 1.96 bits per heavy atom. The standard InChI is InChI=1S/C20H17FN4O3/c1-12-5-8-15(25(27)28)11-17(12)22-20(26)19-16-3-2-4-18(16)24(23-19)14-9-6-13(21)7-10-14/h5-11H,2-4H2,1H3,(H,22,26). The van der Waals surface area contributed by atoms with E-state index in [-0.39, 0.29) is 11.5 Å². The van der Waals surface area contributed by atoms with Crippen LogP contribution in [-0.4, -0.2) is 20.6 Å². The summed E-state index contributed by atoms with van der Waals surface area (Å²) in [6.45, 7) is 1.76. The van der Waals surface area contributed by atoms with Crippen LogP contribution in [0.4, 0.5) is 15.8 Å². The number of halogens is 1. The van der Waals surface area contributed by atoms with Gasteiger partial charge < -0.3 is 5.32 Å². The lowest BCUT2D eigenvalue weighted by molar-refractivity contribution is -0.384. The fraction of sp³-hybridized carbons (Fsp3) is 0.200. The highest BCUT2D eigenvalue weighted by Gasteiger charge is 2.27. The van der Waals surface area contributed by atoms with Gasteiger partial charge in [-0.1, -0.05) is 6.07 Å². The maximum Gasteiger partial charge on any atom is 0.276 e. The Balaban J connectivity index is 1.69. The van der Waals surface area contributed by atoms with Crippen molar-refractivity contribution >= 4 is 17.3 Å². The van der Waals surface area contributed by atoms with Crippen molar-refractivity contribution in [2.75, 3.05) is 5.32 Å². The first-order chi connectivity index (χ1) is 13.4. The number of non-ortho nitro benzene ring substituents is 1. The normalized spacial score (nSPS) is 12.6. The second-order valence-electron chi connectivity index (χ2n) is 6.73. The number of nitro benzene ring substituents is 1. The molecule has 1 aromatic heterocycles. The fourth-order valence-corrected chi connectivity index (χ4v) is 3.46. The molecule has 0 saturated heterocycles. The van der Waals surface area contributed by atoms with Crippen LogP contribution in [0.15, 0.2) is 42.5 Å². The largest absolute Gasteiger partial charge is 0.320 e. The van der Waals surface area contributed by atoms with Crippen LogP contribution in [0.2, 0.25) is 0 Å². The Hall–Kier alpha value is -3.55. The smallest absolute Gasteiger partial charge is 0.276 e. The zero-order valence-electron chi connectivity index (χ0n) is 15.1. The van der Waals surface area contributed by atoms with E-state index in [2.05, 4.69) is 10.4 Å². The Bertz CT molecular complexity index is 1090. The number of aryl methyl sites for hydroxylation is 1. The zero-order valence-corrected chi connectivity index (χ0v) is 15.1. The number of nitrogens with one attached hydrogen (secondary N) is 1. The molecule has 8 heteroatoms. The van der Waals surface area contributed by atoms with Crippen LogP contribution in [0.1, 0.15) is 33.7 Å². The average molecular weight is 380 g/mol. The predicted octanol–water partition coefficient (Wildman–Crippen LogP) is 3.97. The van der Waals surface area contributed by atoms with E-state index >= 15 is 0 Å². The molecule has 0 radical (unpaired) electrons. The van der Waals surface area contributed by atoms with Crippen LogP contribution >= 0.6 is 0 Å². The van der Waals surface area contributed by atoms with Gasteiger partial charge in [-0.3, -0.25) is 14.9 Å². The van der Waals surface area contributed by atoms with E-state index in [4.69, 9.17) is 0 Å². The number of carbonyl (C=O) groups excluding carboxylic acids is 1. The van der Waals surface area contributed by atoms with Crippen molar-refractivity contribution in [1.29, 1.82) is 0 Å². The Morgan fingerprint density at radius 3 is 2.68 bits per heavy atom. The number of rotatable bonds is 4. The number of benzene rings is 2. The molecule has 0 unspecified atom stereocenters. The lowest BCUT2D eigenvalue weighted by atomic mass is 10.1. The molecule has 0 aliphatic heterocycles. The van der Waals surface area contributed by atoms with E-state index in [1.54, 1.807) is 29.8 Å². The molecular formula is C20H17FN4O3. The van der Waals surface area contributed by atoms with Gasteiger partial charge in [0, 0.05) is 23.4 Å². The highest BCUT2D eigenvalue weighted by molar-refractivity contribution is 6.04. The third-order valence-electron chi connectivity index (χ3n) is 4.90. The van der Waals surface area contributed by atoms with E-state index in [1.165, 1.54) is 24.3 Å². The van der Waals surface area contributed by atoms with Crippen LogP contribution in [-0.2, 0) is 12.8 Å². The third-order valence-corrected chi connectivity index (χ3v) is 4.90. The van der Waals surface area contributed by atoms with E-state index in [0.29, 0.717) is 22.6 Å². The molecule has 0 atom stereocenters. The summed E-state index contributed by atoms with van der Waals surface area (Å²) in [5.74, 6) is -0.755. The molecule has 28 heavy (non-hydrogen) atoms. The lowest BCUT2D eigenvalue weighted by Gasteiger charge is -2.08. The molecule has 4 rings (SSSR count). The summed E-state index contributed by atoms with van der Waals surface area (Å²) in [6.07, 6.45) is 2.42. The SMILES string of the molecule is Cc1ccc([N+](=O)[O-])cc1NC(=O)c1nn(-c2ccc(F)cc2)c2c1CCC2. The van der Waals surface area contributed by atoms with E-state index in [9.17, 15) is 19.3 Å². The van der Waals surface area contributed by atoms with Crippen LogP contribution in [0.3, 0.4) is 0 Å². The average Bonchev–Trinajstić information content (AvgIpc) is 3.26. The van der Waals surface area contributed by atoms with Gasteiger partial charge in [0.15, 0.2) is 5.69 Å². The minimum Gasteiger partial charge on any atom is -0.320 e. The predicted molar refractivity (Wildman–Crippen MR) is 101 cm³/mol. The molecule has 1 amide bonds. The number of carbonyl (C=O) groups is 1. The van der Waals surface area contributed by atoms with Gasteiger partial charge in [0.25, 0.3) is 11.6 Å². The first-order valence-corrected chi connectivity index (χ1v) is 8.87. The highest BCUT2D eigenvalue weighted by atomic mass is 19.1. The van der Waals surface area contributed by atoms with Crippen molar-refractivity contribution in [2.45, 2.75) is 26.2 Å². The van der Waals surface area contributed by atoms with Crippen molar-refractivity contribution in [3.63, 3.8) is 0 Å². The molecule has 3 aromatic rings. The van der Waals surface area contributed by atoms with Crippen LogP contribution in [0, 0.1) is 22.9 Å². The molecule has 0 fully saturated rings. The molecule has 1 heterocycles. The fourth-order valence-electron chi connectivity index (χ4n) is 3.46. The molecule has 1 N–H and O–H groups in total. The van der Waals surface area contributed by atoms with Crippen LogP contribution < -0.4 is 5.32 Å². The summed E-state index contributed by atoms with van der Waals surface area (Å²) in [5.41, 5.74) is 3.78. The van der Waals surface area contributed by atoms with Gasteiger partial charge >= 0.3 is 0 Å². The van der Waals surface area contributed by atoms with Crippen molar-refractivity contribution in [3.8, 4) is 5.69 Å². The third kappa shape index (κ3) is 3.13. The molecule has 2 aromatic carbocycles. The Kier molecular flexibility index (Phi) is 4.38. The minimum atomic E-state index is -0.504. The second kappa shape index (κ2) is 6.88. The number of hydrogen-bond donors (Lipinski definition) is 1. The second-order valence-corrected chi connectivity index (χ2v) is 6.73. The van der Waals surface area contributed by atoms with Crippen molar-refractivity contribution in [2.24, 2.45) is 0 Å². The Morgan fingerprint density at radius 1 is 1.21 bits per heavy atom. The van der Waals surface area contributed by atoms with Crippen LogP contribution in [0.5, 0.6) is 0 Å². The molecule has 1 aliphatic carbocycles. The van der Waals surface area contributed by atoms with Gasteiger partial charge in [-0.25, -0.2) is 9.07 Å². The lowest BCUT2D eigenvalue weighted by Crippen LogP contribution is -2.15. The van der Waals surface area contributed by atoms with E-state index in [0.717, 1.165) is 30.5 Å². The summed E-state index contributed by atoms with van der Waals surface area (Å²) >= 11 is 0. The summed E-state index contributed by atoms with van der Waals surface area (Å²) in [7, 11) is 0. The number of aromatic nitrogens is 2. The topological polar surface area (TPSA) is 90.1 Å². The van der Waals surface area contributed by atoms with E-state index in [1.807, 2.05) is 0 Å². The molecule has 0 bridgehead atoms. The van der Waals surface area contributed by atoms with Crippen LogP contribution in [0.25, 0.3) is 5.69 Å². The molecule has 0 saturated carbocycles. The molecule has 0 spiro atoms. The number of fused-ring (bicyclic) bond motifs is 1. The first-order valence-electron chi connectivity index (χ1n) is 8.87. The van der Waals surface area contributed by atoms with Gasteiger partial charge in [-0.15, -0.1) is 0 Å². The number of anilines is 1. The van der Waals surface area contributed by atoms with Gasteiger partial charge in [0.1, 0.15) is 5.82 Å². The maximum atomic E-state index is 13.2. The van der Waals surface area contributed by atoms with Gasteiger partial charge in [0.2, 0.25) is 0 Å². The summed E-state index contributed by atoms with van der Waals surface area (Å²) < 4.78 is 14.9.